The number of rotatable bonds is 5. The van der Waals surface area contributed by atoms with Crippen LogP contribution in [-0.2, 0) is 15.7 Å². The highest BCUT2D eigenvalue weighted by Gasteiger charge is 2.59. The number of methoxy groups -OCH3 is 1. The van der Waals surface area contributed by atoms with Crippen LogP contribution in [0.25, 0.3) is 0 Å². The van der Waals surface area contributed by atoms with Gasteiger partial charge in [0.15, 0.2) is 0 Å². The number of carboxylic acids is 1. The molecule has 0 radical (unpaired) electrons. The zero-order valence-electron chi connectivity index (χ0n) is 18.0. The minimum Gasteiger partial charge on any atom is -0.481 e. The summed E-state index contributed by atoms with van der Waals surface area (Å²) < 4.78 is 60.7. The second kappa shape index (κ2) is 8.50. The number of hydrogen-bond donors (Lipinski definition) is 2. The predicted octanol–water partition coefficient (Wildman–Crippen LogP) is 4.85. The van der Waals surface area contributed by atoms with Gasteiger partial charge in [-0.2, -0.15) is 18.4 Å². The fourth-order valence-corrected chi connectivity index (χ4v) is 4.56. The number of allylic oxidation sites excluding steroid dienone is 2. The van der Waals surface area contributed by atoms with Crippen molar-refractivity contribution >= 4 is 5.97 Å². The Bertz CT molecular complexity index is 928. The number of nitrogens with zero attached hydrogens (tertiary/aromatic N) is 1. The first-order chi connectivity index (χ1) is 14.2. The van der Waals surface area contributed by atoms with Crippen molar-refractivity contribution in [2.75, 3.05) is 13.7 Å². The van der Waals surface area contributed by atoms with E-state index in [4.69, 9.17) is 4.74 Å². The quantitative estimate of drug-likeness (QED) is 0.637. The molecule has 31 heavy (non-hydrogen) atoms. The van der Waals surface area contributed by atoms with Crippen LogP contribution in [0.1, 0.15) is 51.2 Å². The maximum atomic E-state index is 13.9. The van der Waals surface area contributed by atoms with Crippen molar-refractivity contribution in [2.24, 2.45) is 10.8 Å². The molecule has 0 bridgehead atoms. The van der Waals surface area contributed by atoms with Crippen LogP contribution < -0.4 is 5.32 Å². The lowest BCUT2D eigenvalue weighted by atomic mass is 9.56. The lowest BCUT2D eigenvalue weighted by molar-refractivity contribution is -0.157. The average Bonchev–Trinajstić information content (AvgIpc) is 2.62. The van der Waals surface area contributed by atoms with Crippen LogP contribution in [0, 0.1) is 28.0 Å². The number of nitriles is 1. The normalized spacial score (nSPS) is 24.5. The number of alkyl halides is 3. The molecule has 0 aliphatic carbocycles. The van der Waals surface area contributed by atoms with Gasteiger partial charge in [-0.25, -0.2) is 4.39 Å². The highest BCUT2D eigenvalue weighted by molar-refractivity contribution is 5.80. The Hall–Kier alpha value is -2.60. The van der Waals surface area contributed by atoms with Gasteiger partial charge in [-0.15, -0.1) is 0 Å². The topological polar surface area (TPSA) is 82.3 Å². The number of nitrogens with one attached hydrogen (secondary N) is 1. The molecule has 3 atom stereocenters. The molecule has 1 aromatic carbocycles. The van der Waals surface area contributed by atoms with Crippen molar-refractivity contribution in [1.82, 2.24) is 5.32 Å². The molecule has 2 N–H and O–H groups in total. The zero-order valence-corrected chi connectivity index (χ0v) is 18.0. The molecular weight excluding hydrogens is 416 g/mol. The monoisotopic (exact) mass is 442 g/mol. The molecule has 0 fully saturated rings. The SMILES string of the molecule is COCC1NC(C)=C(C#N)C(c2ccc(F)cc2C(F)(F)F)C1(CC(C)(C)C)C(=O)O. The molecule has 1 aromatic rings. The summed E-state index contributed by atoms with van der Waals surface area (Å²) in [7, 11) is 1.36. The van der Waals surface area contributed by atoms with Crippen LogP contribution in [0.2, 0.25) is 0 Å². The van der Waals surface area contributed by atoms with E-state index in [0.29, 0.717) is 6.07 Å². The Balaban J connectivity index is 3.00. The average molecular weight is 442 g/mol. The van der Waals surface area contributed by atoms with E-state index in [0.717, 1.165) is 12.1 Å². The van der Waals surface area contributed by atoms with Crippen molar-refractivity contribution in [3.63, 3.8) is 0 Å². The first kappa shape index (κ1) is 24.7. The fraction of sp³-hybridized carbons (Fsp3) is 0.545. The van der Waals surface area contributed by atoms with Crippen LogP contribution in [-0.4, -0.2) is 30.8 Å². The highest BCUT2D eigenvalue weighted by atomic mass is 19.4. The molecular formula is C22H26F4N2O3. The van der Waals surface area contributed by atoms with Crippen LogP contribution in [0.4, 0.5) is 17.6 Å². The fourth-order valence-electron chi connectivity index (χ4n) is 4.56. The minimum atomic E-state index is -4.94. The van der Waals surface area contributed by atoms with E-state index in [1.54, 1.807) is 20.8 Å². The molecule has 0 spiro atoms. The summed E-state index contributed by atoms with van der Waals surface area (Å²) in [5.74, 6) is -3.93. The van der Waals surface area contributed by atoms with Crippen LogP contribution >= 0.6 is 0 Å². The first-order valence-electron chi connectivity index (χ1n) is 9.65. The Morgan fingerprint density at radius 1 is 1.32 bits per heavy atom. The molecule has 9 heteroatoms. The van der Waals surface area contributed by atoms with Gasteiger partial charge in [-0.3, -0.25) is 4.79 Å². The molecule has 5 nitrogen and oxygen atoms in total. The molecule has 170 valence electrons. The summed E-state index contributed by atoms with van der Waals surface area (Å²) >= 11 is 0. The third-order valence-corrected chi connectivity index (χ3v) is 5.53. The van der Waals surface area contributed by atoms with E-state index in [1.165, 1.54) is 14.0 Å². The van der Waals surface area contributed by atoms with Crippen molar-refractivity contribution in [1.29, 1.82) is 5.26 Å². The van der Waals surface area contributed by atoms with Crippen molar-refractivity contribution in [3.8, 4) is 6.07 Å². The predicted molar refractivity (Wildman–Crippen MR) is 105 cm³/mol. The number of carbonyl (C=O) groups is 1. The maximum Gasteiger partial charge on any atom is 0.416 e. The number of hydrogen-bond acceptors (Lipinski definition) is 4. The Morgan fingerprint density at radius 3 is 2.39 bits per heavy atom. The van der Waals surface area contributed by atoms with Gasteiger partial charge in [0.2, 0.25) is 0 Å². The molecule has 0 aromatic heterocycles. The first-order valence-corrected chi connectivity index (χ1v) is 9.65. The second-order valence-corrected chi connectivity index (χ2v) is 9.05. The van der Waals surface area contributed by atoms with Gasteiger partial charge in [-0.05, 0) is 36.5 Å². The Labute approximate surface area is 178 Å². The smallest absolute Gasteiger partial charge is 0.416 e. The van der Waals surface area contributed by atoms with Crippen molar-refractivity contribution < 1.29 is 32.2 Å². The molecule has 0 saturated carbocycles. The van der Waals surface area contributed by atoms with E-state index < -0.39 is 51.9 Å². The van der Waals surface area contributed by atoms with Crippen LogP contribution in [0.15, 0.2) is 29.5 Å². The van der Waals surface area contributed by atoms with E-state index in [1.807, 2.05) is 6.07 Å². The van der Waals surface area contributed by atoms with E-state index >= 15 is 0 Å². The van der Waals surface area contributed by atoms with Gasteiger partial charge in [0.1, 0.15) is 11.2 Å². The summed E-state index contributed by atoms with van der Waals surface area (Å²) in [5.41, 5.74) is -4.10. The van der Waals surface area contributed by atoms with Gasteiger partial charge in [-0.1, -0.05) is 26.8 Å². The maximum absolute atomic E-state index is 13.9. The molecule has 1 aliphatic heterocycles. The minimum absolute atomic E-state index is 0.0613. The summed E-state index contributed by atoms with van der Waals surface area (Å²) in [5, 5.41) is 23.3. The number of carboxylic acid groups (broad SMARTS) is 1. The largest absolute Gasteiger partial charge is 0.481 e. The lowest BCUT2D eigenvalue weighted by Gasteiger charge is -2.50. The summed E-state index contributed by atoms with van der Waals surface area (Å²) in [4.78, 5) is 12.8. The summed E-state index contributed by atoms with van der Waals surface area (Å²) in [6.07, 6.45) is -5.01. The molecule has 1 heterocycles. The van der Waals surface area contributed by atoms with Gasteiger partial charge >= 0.3 is 12.1 Å². The standard InChI is InChI=1S/C22H26F4N2O3/c1-12-15(9-27)18(14-7-6-13(23)8-16(14)22(24,25)26)21(19(29)30,11-20(2,3)4)17(28-12)10-31-5/h6-8,17-18,28H,10-11H2,1-5H3,(H,29,30). The van der Waals surface area contributed by atoms with Crippen LogP contribution in [0.3, 0.4) is 0 Å². The Morgan fingerprint density at radius 2 is 1.94 bits per heavy atom. The zero-order chi connectivity index (χ0) is 23.8. The number of halogens is 4. The second-order valence-electron chi connectivity index (χ2n) is 9.05. The number of ether oxygens (including phenoxy) is 1. The van der Waals surface area contributed by atoms with Gasteiger partial charge < -0.3 is 15.2 Å². The molecule has 2 rings (SSSR count). The summed E-state index contributed by atoms with van der Waals surface area (Å²) in [6, 6.07) is 3.11. The highest BCUT2D eigenvalue weighted by Crippen LogP contribution is 2.55. The van der Waals surface area contributed by atoms with Crippen molar-refractivity contribution in [3.05, 3.63) is 46.4 Å². The molecule has 3 unspecified atom stereocenters. The number of aliphatic carboxylic acids is 1. The summed E-state index contributed by atoms with van der Waals surface area (Å²) in [6.45, 7) is 6.70. The lowest BCUT2D eigenvalue weighted by Crippen LogP contribution is -2.60. The third kappa shape index (κ3) is 4.69. The van der Waals surface area contributed by atoms with E-state index in [-0.39, 0.29) is 24.3 Å². The third-order valence-electron chi connectivity index (χ3n) is 5.53. The van der Waals surface area contributed by atoms with Gasteiger partial charge in [0, 0.05) is 18.7 Å². The van der Waals surface area contributed by atoms with E-state index in [9.17, 15) is 32.7 Å². The Kier molecular flexibility index (Phi) is 6.76. The van der Waals surface area contributed by atoms with Crippen molar-refractivity contribution in [2.45, 2.75) is 52.3 Å². The molecule has 0 saturated heterocycles. The van der Waals surface area contributed by atoms with Crippen LogP contribution in [0.5, 0.6) is 0 Å². The molecule has 0 amide bonds. The van der Waals surface area contributed by atoms with Gasteiger partial charge in [0.05, 0.1) is 29.9 Å². The van der Waals surface area contributed by atoms with E-state index in [2.05, 4.69) is 5.32 Å². The molecule has 1 aliphatic rings. The van der Waals surface area contributed by atoms with Gasteiger partial charge in [0.25, 0.3) is 0 Å². The number of benzene rings is 1.